The lowest BCUT2D eigenvalue weighted by Gasteiger charge is -2.27. The summed E-state index contributed by atoms with van der Waals surface area (Å²) in [5, 5.41) is 18.6. The third-order valence-corrected chi connectivity index (χ3v) is 9.87. The Morgan fingerprint density at radius 3 is 2.26 bits per heavy atom. The maximum Gasteiger partial charge on any atom is 0.220 e. The third kappa shape index (κ3) is 7.60. The first-order chi connectivity index (χ1) is 23.7. The monoisotopic (exact) mass is 687 g/mol. The first-order valence-corrected chi connectivity index (χ1v) is 17.2. The van der Waals surface area contributed by atoms with E-state index in [-0.39, 0.29) is 29.1 Å². The Bertz CT molecular complexity index is 1930. The number of hydrogen-bond acceptors (Lipinski definition) is 6. The van der Waals surface area contributed by atoms with E-state index >= 15 is 0 Å². The van der Waals surface area contributed by atoms with E-state index in [9.17, 15) is 4.79 Å². The number of fused-ring (bicyclic) bond motifs is 2. The van der Waals surface area contributed by atoms with Crippen LogP contribution >= 0.6 is 0 Å². The number of nitrogens with one attached hydrogen (secondary N) is 1. The highest BCUT2D eigenvalue weighted by Crippen LogP contribution is 2.47. The second-order valence-electron chi connectivity index (χ2n) is 13.8. The molecule has 3 aromatic carbocycles. The highest BCUT2D eigenvalue weighted by Gasteiger charge is 2.42. The summed E-state index contributed by atoms with van der Waals surface area (Å²) in [4.78, 5) is 15.1. The molecule has 0 saturated carbocycles. The number of allylic oxidation sites excluding steroid dienone is 6. The smallest absolute Gasteiger partial charge is 0.220 e. The van der Waals surface area contributed by atoms with Gasteiger partial charge < -0.3 is 22.6 Å². The molecule has 6 rings (SSSR count). The molecule has 0 fully saturated rings. The Labute approximate surface area is 302 Å². The van der Waals surface area contributed by atoms with Gasteiger partial charge in [0, 0.05) is 59.6 Å². The van der Waals surface area contributed by atoms with Crippen molar-refractivity contribution in [3.63, 3.8) is 0 Å². The largest absolute Gasteiger partial charge is 1.00 e. The normalized spacial score (nSPS) is 16.6. The molecule has 0 saturated heterocycles. The van der Waals surface area contributed by atoms with Crippen molar-refractivity contribution in [2.75, 3.05) is 18.5 Å². The van der Waals surface area contributed by atoms with Gasteiger partial charge in [-0.15, -0.1) is 20.4 Å². The van der Waals surface area contributed by atoms with Crippen LogP contribution in [0.25, 0.3) is 11.4 Å². The minimum absolute atomic E-state index is 0. The van der Waals surface area contributed by atoms with Crippen molar-refractivity contribution in [2.24, 2.45) is 0 Å². The summed E-state index contributed by atoms with van der Waals surface area (Å²) >= 11 is 0. The Kier molecular flexibility index (Phi) is 11.4. The zero-order valence-electron chi connectivity index (χ0n) is 29.6. The van der Waals surface area contributed by atoms with Crippen molar-refractivity contribution in [1.82, 2.24) is 25.7 Å². The van der Waals surface area contributed by atoms with Crippen LogP contribution < -0.4 is 22.6 Å². The van der Waals surface area contributed by atoms with Crippen molar-refractivity contribution in [2.45, 2.75) is 70.8 Å². The molecule has 3 heterocycles. The van der Waals surface area contributed by atoms with Gasteiger partial charge in [-0.05, 0) is 50.0 Å². The fourth-order valence-electron chi connectivity index (χ4n) is 7.15. The summed E-state index contributed by atoms with van der Waals surface area (Å²) in [7, 11) is 2.15. The Hall–Kier alpha value is -4.95. The molecule has 0 atom stereocenters. The van der Waals surface area contributed by atoms with E-state index in [1.807, 2.05) is 24.3 Å². The van der Waals surface area contributed by atoms with Gasteiger partial charge in [0.15, 0.2) is 12.0 Å². The number of nitrogens with zero attached hydrogens (tertiary/aromatic N) is 6. The number of carbonyl (C=O) groups is 1. The summed E-state index contributed by atoms with van der Waals surface area (Å²) in [6.45, 7) is 10.6. The number of rotatable bonds is 12. The van der Waals surface area contributed by atoms with Gasteiger partial charge in [-0.2, -0.15) is 4.58 Å². The molecule has 50 heavy (non-hydrogen) atoms. The van der Waals surface area contributed by atoms with Gasteiger partial charge in [0.1, 0.15) is 7.05 Å². The number of para-hydroxylation sites is 2. The van der Waals surface area contributed by atoms with Crippen molar-refractivity contribution in [3.05, 3.63) is 132 Å². The molecule has 4 aromatic rings. The highest BCUT2D eigenvalue weighted by molar-refractivity contribution is 6.03. The van der Waals surface area contributed by atoms with Crippen LogP contribution in [0.4, 0.5) is 11.4 Å². The van der Waals surface area contributed by atoms with Gasteiger partial charge in [0.2, 0.25) is 17.4 Å². The van der Waals surface area contributed by atoms with Crippen LogP contribution in [0.1, 0.15) is 70.1 Å². The molecule has 8 nitrogen and oxygen atoms in total. The molecule has 1 aromatic heterocycles. The Morgan fingerprint density at radius 1 is 0.820 bits per heavy atom. The molecule has 1 N–H and O–H groups in total. The number of amides is 1. The van der Waals surface area contributed by atoms with E-state index in [4.69, 9.17) is 0 Å². The van der Waals surface area contributed by atoms with Gasteiger partial charge >= 0.3 is 0 Å². The maximum absolute atomic E-state index is 12.6. The maximum atomic E-state index is 12.6. The molecular formula is C41H46ClN7O. The molecule has 0 spiro atoms. The van der Waals surface area contributed by atoms with Gasteiger partial charge in [-0.1, -0.05) is 99.2 Å². The van der Waals surface area contributed by atoms with E-state index in [0.29, 0.717) is 18.8 Å². The fourth-order valence-corrected chi connectivity index (χ4v) is 7.15. The summed E-state index contributed by atoms with van der Waals surface area (Å²) in [6, 6.07) is 25.2. The van der Waals surface area contributed by atoms with Crippen LogP contribution in [0, 0.1) is 0 Å². The molecule has 2 aliphatic heterocycles. The average molecular weight is 688 g/mol. The second-order valence-corrected chi connectivity index (χ2v) is 13.8. The molecule has 2 aliphatic rings. The van der Waals surface area contributed by atoms with Gasteiger partial charge in [-0.25, -0.2) is 0 Å². The number of unbranched alkanes of at least 4 members (excludes halogenated alkanes) is 2. The van der Waals surface area contributed by atoms with Crippen molar-refractivity contribution >= 4 is 23.0 Å². The molecule has 1 amide bonds. The van der Waals surface area contributed by atoms with Crippen LogP contribution in [0.15, 0.2) is 115 Å². The lowest BCUT2D eigenvalue weighted by atomic mass is 9.81. The lowest BCUT2D eigenvalue weighted by Crippen LogP contribution is -3.00. The van der Waals surface area contributed by atoms with E-state index in [2.05, 4.69) is 149 Å². The quantitative estimate of drug-likeness (QED) is 0.133. The van der Waals surface area contributed by atoms with Gasteiger partial charge in [-0.3, -0.25) is 4.79 Å². The van der Waals surface area contributed by atoms with E-state index in [1.54, 1.807) is 0 Å². The number of hydrogen-bond donors (Lipinski definition) is 1. The first kappa shape index (κ1) is 36.3. The predicted octanol–water partition coefficient (Wildman–Crippen LogP) is 4.61. The van der Waals surface area contributed by atoms with E-state index in [1.165, 1.54) is 40.2 Å². The summed E-state index contributed by atoms with van der Waals surface area (Å²) in [5.74, 6) is 0.554. The van der Waals surface area contributed by atoms with E-state index < -0.39 is 0 Å². The molecule has 0 aliphatic carbocycles. The number of aromatic nitrogens is 4. The van der Waals surface area contributed by atoms with Crippen LogP contribution in [-0.2, 0) is 22.2 Å². The molecule has 0 radical (unpaired) electrons. The zero-order valence-corrected chi connectivity index (χ0v) is 30.4. The summed E-state index contributed by atoms with van der Waals surface area (Å²) in [5.41, 5.74) is 9.58. The number of carbonyl (C=O) groups excluding carboxylic acids is 1. The van der Waals surface area contributed by atoms with Gasteiger partial charge in [0.25, 0.3) is 0 Å². The molecule has 258 valence electrons. The standard InChI is InChI=1S/C41H45N7O.ClH/c1-40(2)32-16-11-13-18-34(32)47(5)36(40)20-8-6-9-21-37-41(3,4)33-17-12-14-19-35(33)48(37)27-15-7-10-22-38(49)42-28-30-23-25-31(26-24-30)39-45-43-29-44-46-39;/h6,8-9,11-14,16-21,23-26,29H,7,10,15,22,27-28H2,1-5H3;1H. The third-order valence-electron chi connectivity index (χ3n) is 9.87. The number of halogens is 1. The lowest BCUT2D eigenvalue weighted by molar-refractivity contribution is -0.401. The summed E-state index contributed by atoms with van der Waals surface area (Å²) < 4.78 is 2.30. The fraction of sp³-hybridized carbons (Fsp3) is 0.317. The highest BCUT2D eigenvalue weighted by atomic mass is 35.5. The summed E-state index contributed by atoms with van der Waals surface area (Å²) in [6.07, 6.45) is 15.6. The van der Waals surface area contributed by atoms with Crippen molar-refractivity contribution in [3.8, 4) is 11.4 Å². The predicted molar refractivity (Wildman–Crippen MR) is 197 cm³/mol. The SMILES string of the molecule is C[N+]1=C(/C=C/C=C/C=C2/N(CCCCCC(=O)NCc3ccc(-c4nncnn4)cc3)c3ccccc3C2(C)C)C(C)(C)c2ccccc21.[Cl-]. The minimum atomic E-state index is -0.102. The van der Waals surface area contributed by atoms with Crippen LogP contribution in [0.2, 0.25) is 0 Å². The van der Waals surface area contributed by atoms with Crippen LogP contribution in [0.3, 0.4) is 0 Å². The average Bonchev–Trinajstić information content (AvgIpc) is 3.45. The zero-order chi connectivity index (χ0) is 34.4. The molecule has 0 unspecified atom stereocenters. The van der Waals surface area contributed by atoms with E-state index in [0.717, 1.165) is 36.9 Å². The molecular weight excluding hydrogens is 642 g/mol. The first-order valence-electron chi connectivity index (χ1n) is 17.2. The Balaban J connectivity index is 0.00000486. The molecule has 0 bridgehead atoms. The topological polar surface area (TPSA) is 86.9 Å². The van der Waals surface area contributed by atoms with Crippen LogP contribution in [0.5, 0.6) is 0 Å². The Morgan fingerprint density at radius 2 is 1.52 bits per heavy atom. The number of anilines is 1. The minimum Gasteiger partial charge on any atom is -1.00 e. The van der Waals surface area contributed by atoms with Crippen LogP contribution in [-0.4, -0.2) is 50.2 Å². The number of benzene rings is 3. The van der Waals surface area contributed by atoms with Gasteiger partial charge in [0.05, 0.1) is 5.41 Å². The second kappa shape index (κ2) is 15.7. The molecule has 9 heteroatoms. The van der Waals surface area contributed by atoms with Crippen molar-refractivity contribution in [1.29, 1.82) is 0 Å². The van der Waals surface area contributed by atoms with Crippen molar-refractivity contribution < 1.29 is 21.8 Å².